The molecule has 6 nitrogen and oxygen atoms in total. The molecule has 1 heterocycles. The number of aromatic nitrogens is 1. The molecule has 0 unspecified atom stereocenters. The Hall–Kier alpha value is -3.38. The lowest BCUT2D eigenvalue weighted by molar-refractivity contribution is -0.157. The minimum Gasteiger partial charge on any atom is -0.497 e. The highest BCUT2D eigenvalue weighted by atomic mass is 16.5. The molecule has 1 aromatic heterocycles. The van der Waals surface area contributed by atoms with E-state index in [4.69, 9.17) is 13.9 Å². The first-order valence-corrected chi connectivity index (χ1v) is 8.68. The molecule has 0 saturated heterocycles. The van der Waals surface area contributed by atoms with E-state index in [1.54, 1.807) is 19.3 Å². The molecule has 0 bridgehead atoms. The van der Waals surface area contributed by atoms with E-state index in [0.717, 1.165) is 11.1 Å². The molecule has 0 fully saturated rings. The highest BCUT2D eigenvalue weighted by Crippen LogP contribution is 2.24. The van der Waals surface area contributed by atoms with Gasteiger partial charge in [0.25, 0.3) is 0 Å². The van der Waals surface area contributed by atoms with Crippen LogP contribution in [0.15, 0.2) is 71.3 Å². The maximum absolute atomic E-state index is 12.2. The molecule has 3 rings (SSSR count). The number of rotatable bonds is 7. The first kappa shape index (κ1) is 19.4. The van der Waals surface area contributed by atoms with Gasteiger partial charge in [-0.1, -0.05) is 36.4 Å². The summed E-state index contributed by atoms with van der Waals surface area (Å²) >= 11 is 0. The predicted octanol–water partition coefficient (Wildman–Crippen LogP) is 3.51. The molecule has 0 spiro atoms. The van der Waals surface area contributed by atoms with Crippen LogP contribution in [0.4, 0.5) is 0 Å². The summed E-state index contributed by atoms with van der Waals surface area (Å²) < 4.78 is 15.7. The maximum Gasteiger partial charge on any atom is 0.342 e. The molecule has 144 valence electrons. The molecule has 2 aromatic carbocycles. The van der Waals surface area contributed by atoms with Gasteiger partial charge in [0.05, 0.1) is 26.8 Å². The second-order valence-electron chi connectivity index (χ2n) is 6.20. The fraction of sp³-hybridized carbons (Fsp3) is 0.182. The van der Waals surface area contributed by atoms with Gasteiger partial charge in [0.15, 0.2) is 5.60 Å². The van der Waals surface area contributed by atoms with Crippen LogP contribution in [0, 0.1) is 0 Å². The quantitative estimate of drug-likeness (QED) is 0.633. The molecule has 0 aliphatic rings. The van der Waals surface area contributed by atoms with Crippen molar-refractivity contribution in [3.63, 3.8) is 0 Å². The molecule has 6 heteroatoms. The van der Waals surface area contributed by atoms with Gasteiger partial charge in [0.2, 0.25) is 5.89 Å². The van der Waals surface area contributed by atoms with E-state index in [1.807, 2.05) is 48.5 Å². The molecule has 0 saturated carbocycles. The van der Waals surface area contributed by atoms with Gasteiger partial charge in [-0.15, -0.1) is 0 Å². The second-order valence-corrected chi connectivity index (χ2v) is 6.20. The summed E-state index contributed by atoms with van der Waals surface area (Å²) in [6, 6.07) is 16.6. The Labute approximate surface area is 163 Å². The summed E-state index contributed by atoms with van der Waals surface area (Å²) in [5.74, 6) is 0.664. The second kappa shape index (κ2) is 8.54. The molecule has 0 aliphatic heterocycles. The van der Waals surface area contributed by atoms with E-state index in [-0.39, 0.29) is 6.42 Å². The van der Waals surface area contributed by atoms with Crippen molar-refractivity contribution in [2.24, 2.45) is 0 Å². The Morgan fingerprint density at radius 3 is 2.68 bits per heavy atom. The van der Waals surface area contributed by atoms with Gasteiger partial charge < -0.3 is 19.0 Å². The lowest BCUT2D eigenvalue weighted by Gasteiger charge is -2.20. The average Bonchev–Trinajstić information content (AvgIpc) is 3.20. The monoisotopic (exact) mass is 379 g/mol. The first-order valence-electron chi connectivity index (χ1n) is 8.68. The average molecular weight is 379 g/mol. The third-order valence-electron chi connectivity index (χ3n) is 4.20. The maximum atomic E-state index is 12.2. The van der Waals surface area contributed by atoms with Crippen molar-refractivity contribution in [2.45, 2.75) is 12.0 Å². The largest absolute Gasteiger partial charge is 0.497 e. The van der Waals surface area contributed by atoms with Crippen LogP contribution in [0.2, 0.25) is 0 Å². The van der Waals surface area contributed by atoms with Gasteiger partial charge in [0, 0.05) is 5.56 Å². The molecule has 0 aliphatic carbocycles. The Balaban J connectivity index is 1.84. The summed E-state index contributed by atoms with van der Waals surface area (Å²) in [4.78, 5) is 16.5. The minimum absolute atomic E-state index is 0.111. The number of esters is 1. The smallest absolute Gasteiger partial charge is 0.342 e. The Morgan fingerprint density at radius 2 is 1.96 bits per heavy atom. The molecule has 0 radical (unpaired) electrons. The molecule has 1 N–H and O–H groups in total. The summed E-state index contributed by atoms with van der Waals surface area (Å²) in [5, 5.41) is 10.9. The van der Waals surface area contributed by atoms with E-state index in [9.17, 15) is 9.90 Å². The molecule has 28 heavy (non-hydrogen) atoms. The predicted molar refractivity (Wildman–Crippen MR) is 105 cm³/mol. The van der Waals surface area contributed by atoms with Crippen LogP contribution in [0.3, 0.4) is 0 Å². The summed E-state index contributed by atoms with van der Waals surface area (Å²) in [5.41, 5.74) is -0.322. The van der Waals surface area contributed by atoms with Gasteiger partial charge in [-0.2, -0.15) is 0 Å². The fourth-order valence-electron chi connectivity index (χ4n) is 2.72. The number of nitrogens with zero attached hydrogens (tertiary/aromatic N) is 1. The fourth-order valence-corrected chi connectivity index (χ4v) is 2.72. The normalized spacial score (nSPS) is 13.2. The van der Waals surface area contributed by atoms with E-state index in [2.05, 4.69) is 4.98 Å². The summed E-state index contributed by atoms with van der Waals surface area (Å²) in [6.45, 7) is 0. The Morgan fingerprint density at radius 1 is 1.18 bits per heavy atom. The highest BCUT2D eigenvalue weighted by molar-refractivity contribution is 5.83. The van der Waals surface area contributed by atoms with E-state index < -0.39 is 11.6 Å². The number of aliphatic hydroxyl groups is 1. The zero-order valence-electron chi connectivity index (χ0n) is 15.7. The van der Waals surface area contributed by atoms with Gasteiger partial charge >= 0.3 is 5.97 Å². The third kappa shape index (κ3) is 4.47. The van der Waals surface area contributed by atoms with Crippen LogP contribution in [0.5, 0.6) is 5.75 Å². The highest BCUT2D eigenvalue weighted by Gasteiger charge is 2.36. The molecule has 0 amide bonds. The number of benzene rings is 2. The summed E-state index contributed by atoms with van der Waals surface area (Å²) in [6.07, 6.45) is 4.40. The Bertz CT molecular complexity index is 964. The van der Waals surface area contributed by atoms with Crippen molar-refractivity contribution in [2.75, 3.05) is 14.2 Å². The van der Waals surface area contributed by atoms with Gasteiger partial charge in [-0.3, -0.25) is 0 Å². The van der Waals surface area contributed by atoms with Crippen LogP contribution >= 0.6 is 0 Å². The standard InChI is InChI=1S/C22H21NO5/c1-26-18-10-6-7-16(13-18)11-12-22(25,21(24)27-2)14-19-15-23-20(28-19)17-8-4-3-5-9-17/h3-13,15,25H,14H2,1-2H3/b12-11+/t22-/m0/s1. The van der Waals surface area contributed by atoms with Crippen molar-refractivity contribution in [3.05, 3.63) is 78.2 Å². The zero-order valence-corrected chi connectivity index (χ0v) is 15.7. The van der Waals surface area contributed by atoms with Crippen LogP contribution < -0.4 is 4.74 Å². The number of carbonyl (C=O) groups excluding carboxylic acids is 1. The van der Waals surface area contributed by atoms with Gasteiger partial charge in [-0.05, 0) is 35.9 Å². The van der Waals surface area contributed by atoms with Crippen molar-refractivity contribution in [1.29, 1.82) is 0 Å². The first-order chi connectivity index (χ1) is 13.5. The van der Waals surface area contributed by atoms with Gasteiger partial charge in [-0.25, -0.2) is 9.78 Å². The topological polar surface area (TPSA) is 81.8 Å². The zero-order chi connectivity index (χ0) is 20.0. The van der Waals surface area contributed by atoms with Crippen molar-refractivity contribution in [1.82, 2.24) is 4.98 Å². The lowest BCUT2D eigenvalue weighted by Crippen LogP contribution is -2.39. The molecule has 1 atom stereocenters. The molecular formula is C22H21NO5. The Kier molecular flexibility index (Phi) is 5.91. The number of oxazole rings is 1. The summed E-state index contributed by atoms with van der Waals surface area (Å²) in [7, 11) is 2.80. The van der Waals surface area contributed by atoms with Crippen LogP contribution in [0.1, 0.15) is 11.3 Å². The van der Waals surface area contributed by atoms with Gasteiger partial charge in [0.1, 0.15) is 11.5 Å². The van der Waals surface area contributed by atoms with Crippen molar-refractivity contribution >= 4 is 12.0 Å². The number of carbonyl (C=O) groups is 1. The number of methoxy groups -OCH3 is 2. The minimum atomic E-state index is -1.90. The van der Waals surface area contributed by atoms with Crippen LogP contribution in [-0.2, 0) is 16.0 Å². The molecular weight excluding hydrogens is 358 g/mol. The number of hydrogen-bond acceptors (Lipinski definition) is 6. The molecule has 3 aromatic rings. The third-order valence-corrected chi connectivity index (χ3v) is 4.20. The van der Waals surface area contributed by atoms with Crippen LogP contribution in [-0.4, -0.2) is 35.9 Å². The van der Waals surface area contributed by atoms with Crippen molar-refractivity contribution < 1.29 is 23.8 Å². The van der Waals surface area contributed by atoms with E-state index in [0.29, 0.717) is 17.4 Å². The van der Waals surface area contributed by atoms with Crippen LogP contribution in [0.25, 0.3) is 17.5 Å². The lowest BCUT2D eigenvalue weighted by atomic mass is 9.97. The number of hydrogen-bond donors (Lipinski definition) is 1. The SMILES string of the molecule is COC(=O)[C@](O)(/C=C/c1cccc(OC)c1)Cc1cnc(-c2ccccc2)o1. The number of ether oxygens (including phenoxy) is 2. The van der Waals surface area contributed by atoms with Crippen molar-refractivity contribution in [3.8, 4) is 17.2 Å². The van der Waals surface area contributed by atoms with E-state index >= 15 is 0 Å². The van der Waals surface area contributed by atoms with E-state index in [1.165, 1.54) is 19.4 Å².